The SMILES string of the molecule is O=C1OCCCN(C2=NC(=O)C3(Cc4ccccc4C3)O2)CCCc2ccc(Br)cc21. The molecule has 6 nitrogen and oxygen atoms in total. The van der Waals surface area contributed by atoms with Crippen LogP contribution in [-0.2, 0) is 33.5 Å². The van der Waals surface area contributed by atoms with Crippen LogP contribution in [0.15, 0.2) is 51.9 Å². The zero-order valence-electron chi connectivity index (χ0n) is 17.1. The van der Waals surface area contributed by atoms with E-state index < -0.39 is 5.60 Å². The van der Waals surface area contributed by atoms with Gasteiger partial charge in [-0.15, -0.1) is 0 Å². The van der Waals surface area contributed by atoms with Gasteiger partial charge >= 0.3 is 5.97 Å². The molecule has 0 fully saturated rings. The lowest BCUT2D eigenvalue weighted by Crippen LogP contribution is -2.42. The average Bonchev–Trinajstić information content (AvgIpc) is 3.28. The number of benzene rings is 2. The van der Waals surface area contributed by atoms with Crippen LogP contribution >= 0.6 is 15.9 Å². The second-order valence-electron chi connectivity index (χ2n) is 8.30. The number of hydrogen-bond acceptors (Lipinski definition) is 5. The number of ether oxygens (including phenoxy) is 2. The van der Waals surface area contributed by atoms with Crippen LogP contribution in [0.1, 0.15) is 39.9 Å². The number of hydrogen-bond donors (Lipinski definition) is 0. The molecule has 2 aromatic rings. The van der Waals surface area contributed by atoms with E-state index in [0.717, 1.165) is 34.0 Å². The summed E-state index contributed by atoms with van der Waals surface area (Å²) >= 11 is 3.43. The van der Waals surface area contributed by atoms with Gasteiger partial charge in [-0.3, -0.25) is 4.79 Å². The summed E-state index contributed by atoms with van der Waals surface area (Å²) in [6.07, 6.45) is 3.29. The number of aryl methyl sites for hydroxylation is 1. The fourth-order valence-electron chi connectivity index (χ4n) is 4.59. The molecule has 1 spiro atoms. The molecular formula is C24H23BrN2O4. The lowest BCUT2D eigenvalue weighted by atomic mass is 10.0. The molecule has 0 bridgehead atoms. The first-order chi connectivity index (χ1) is 15.0. The number of carbonyl (C=O) groups excluding carboxylic acids is 2. The number of nitrogens with zero attached hydrogens (tertiary/aromatic N) is 2. The van der Waals surface area contributed by atoms with Gasteiger partial charge in [0.1, 0.15) is 0 Å². The summed E-state index contributed by atoms with van der Waals surface area (Å²) in [4.78, 5) is 31.7. The van der Waals surface area contributed by atoms with Gasteiger partial charge in [0.2, 0.25) is 5.60 Å². The molecule has 0 aromatic heterocycles. The Labute approximate surface area is 189 Å². The minimum Gasteiger partial charge on any atom is -0.462 e. The van der Waals surface area contributed by atoms with Crippen LogP contribution in [0.2, 0.25) is 0 Å². The highest BCUT2D eigenvalue weighted by Crippen LogP contribution is 2.37. The number of carbonyl (C=O) groups is 2. The Morgan fingerprint density at radius 1 is 0.968 bits per heavy atom. The van der Waals surface area contributed by atoms with Gasteiger partial charge in [-0.05, 0) is 48.1 Å². The molecule has 2 aromatic carbocycles. The van der Waals surface area contributed by atoms with Crippen molar-refractivity contribution in [2.75, 3.05) is 19.7 Å². The number of rotatable bonds is 0. The van der Waals surface area contributed by atoms with Gasteiger partial charge in [-0.25, -0.2) is 4.79 Å². The predicted octanol–water partition coefficient (Wildman–Crippen LogP) is 3.69. The van der Waals surface area contributed by atoms with Crippen LogP contribution in [0.3, 0.4) is 0 Å². The molecule has 0 saturated heterocycles. The number of amides is 1. The van der Waals surface area contributed by atoms with E-state index in [2.05, 4.69) is 33.1 Å². The molecule has 160 valence electrons. The molecular weight excluding hydrogens is 460 g/mol. The van der Waals surface area contributed by atoms with Gasteiger partial charge in [0.05, 0.1) is 12.2 Å². The van der Waals surface area contributed by atoms with E-state index >= 15 is 0 Å². The van der Waals surface area contributed by atoms with Crippen molar-refractivity contribution in [3.05, 3.63) is 69.2 Å². The summed E-state index contributed by atoms with van der Waals surface area (Å²) in [6.45, 7) is 1.61. The van der Waals surface area contributed by atoms with Crippen LogP contribution in [0.5, 0.6) is 0 Å². The predicted molar refractivity (Wildman–Crippen MR) is 119 cm³/mol. The van der Waals surface area contributed by atoms with Gasteiger partial charge in [-0.2, -0.15) is 4.99 Å². The van der Waals surface area contributed by atoms with Crippen molar-refractivity contribution in [3.63, 3.8) is 0 Å². The fourth-order valence-corrected chi connectivity index (χ4v) is 4.95. The Kier molecular flexibility index (Phi) is 5.30. The highest BCUT2D eigenvalue weighted by molar-refractivity contribution is 9.10. The largest absolute Gasteiger partial charge is 0.462 e. The first kappa shape index (κ1) is 20.2. The molecule has 0 unspecified atom stereocenters. The molecule has 3 aliphatic rings. The van der Waals surface area contributed by atoms with E-state index in [9.17, 15) is 9.59 Å². The minimum atomic E-state index is -0.906. The number of esters is 1. The van der Waals surface area contributed by atoms with E-state index in [1.807, 2.05) is 35.2 Å². The van der Waals surface area contributed by atoms with Crippen molar-refractivity contribution in [2.45, 2.75) is 37.7 Å². The fraction of sp³-hybridized carbons (Fsp3) is 0.375. The highest BCUT2D eigenvalue weighted by Gasteiger charge is 2.51. The number of aliphatic imine (C=N–C) groups is 1. The second kappa shape index (κ2) is 8.11. The maximum atomic E-state index is 12.9. The van der Waals surface area contributed by atoms with Crippen molar-refractivity contribution in [1.29, 1.82) is 0 Å². The maximum Gasteiger partial charge on any atom is 0.338 e. The van der Waals surface area contributed by atoms with Gasteiger partial charge in [0.15, 0.2) is 0 Å². The monoisotopic (exact) mass is 482 g/mol. The normalized spacial score (nSPS) is 20.4. The molecule has 0 N–H and O–H groups in total. The summed E-state index contributed by atoms with van der Waals surface area (Å²) in [5, 5.41) is 0. The number of fused-ring (bicyclic) bond motifs is 2. The Morgan fingerprint density at radius 2 is 1.71 bits per heavy atom. The number of halogens is 1. The summed E-state index contributed by atoms with van der Waals surface area (Å²) in [6, 6.07) is 14.2. The molecule has 5 rings (SSSR count). The van der Waals surface area contributed by atoms with Crippen LogP contribution in [-0.4, -0.2) is 48.1 Å². The van der Waals surface area contributed by atoms with Crippen LogP contribution < -0.4 is 0 Å². The van der Waals surface area contributed by atoms with Crippen molar-refractivity contribution in [3.8, 4) is 0 Å². The van der Waals surface area contributed by atoms with Gasteiger partial charge < -0.3 is 14.4 Å². The van der Waals surface area contributed by atoms with Crippen LogP contribution in [0.4, 0.5) is 0 Å². The first-order valence-corrected chi connectivity index (χ1v) is 11.4. The Balaban J connectivity index is 1.32. The van der Waals surface area contributed by atoms with E-state index in [4.69, 9.17) is 9.47 Å². The molecule has 31 heavy (non-hydrogen) atoms. The van der Waals surface area contributed by atoms with Crippen LogP contribution in [0.25, 0.3) is 0 Å². The van der Waals surface area contributed by atoms with Crippen molar-refractivity contribution >= 4 is 33.8 Å². The van der Waals surface area contributed by atoms with E-state index in [0.29, 0.717) is 50.5 Å². The van der Waals surface area contributed by atoms with Crippen molar-refractivity contribution in [1.82, 2.24) is 4.90 Å². The maximum absolute atomic E-state index is 12.9. The summed E-state index contributed by atoms with van der Waals surface area (Å²) in [5.41, 5.74) is 2.97. The van der Waals surface area contributed by atoms with Crippen molar-refractivity contribution < 1.29 is 19.1 Å². The zero-order chi connectivity index (χ0) is 21.4. The van der Waals surface area contributed by atoms with Crippen molar-refractivity contribution in [2.24, 2.45) is 4.99 Å². The smallest absolute Gasteiger partial charge is 0.338 e. The third-order valence-electron chi connectivity index (χ3n) is 6.19. The zero-order valence-corrected chi connectivity index (χ0v) is 18.7. The molecule has 0 atom stereocenters. The lowest BCUT2D eigenvalue weighted by molar-refractivity contribution is -0.130. The third-order valence-corrected chi connectivity index (χ3v) is 6.68. The average molecular weight is 483 g/mol. The van der Waals surface area contributed by atoms with Gasteiger partial charge in [0.25, 0.3) is 11.9 Å². The summed E-state index contributed by atoms with van der Waals surface area (Å²) in [7, 11) is 0. The third kappa shape index (κ3) is 3.87. The first-order valence-electron chi connectivity index (χ1n) is 10.6. The number of amidine groups is 1. The molecule has 1 aliphatic carbocycles. The molecule has 0 radical (unpaired) electrons. The van der Waals surface area contributed by atoms with E-state index in [1.54, 1.807) is 0 Å². The van der Waals surface area contributed by atoms with Gasteiger partial charge in [0, 0.05) is 30.4 Å². The second-order valence-corrected chi connectivity index (χ2v) is 9.22. The van der Waals surface area contributed by atoms with E-state index in [-0.39, 0.29) is 11.9 Å². The Morgan fingerprint density at radius 3 is 2.48 bits per heavy atom. The lowest BCUT2D eigenvalue weighted by Gasteiger charge is -2.27. The minimum absolute atomic E-state index is 0.199. The standard InChI is InChI=1S/C24H23BrN2O4/c25-19-9-8-16-7-3-10-27(11-4-12-30-21(28)20(16)13-19)23-26-22(29)24(31-23)14-17-5-1-2-6-18(17)15-24/h1-2,5-6,8-9,13H,3-4,7,10-12,14-15H2. The molecule has 2 heterocycles. The molecule has 2 aliphatic heterocycles. The summed E-state index contributed by atoms with van der Waals surface area (Å²) < 4.78 is 12.6. The van der Waals surface area contributed by atoms with Crippen LogP contribution in [0, 0.1) is 0 Å². The highest BCUT2D eigenvalue weighted by atomic mass is 79.9. The molecule has 1 amide bonds. The van der Waals surface area contributed by atoms with Gasteiger partial charge in [-0.1, -0.05) is 46.3 Å². The quantitative estimate of drug-likeness (QED) is 0.535. The van der Waals surface area contributed by atoms with E-state index in [1.165, 1.54) is 0 Å². The number of cyclic esters (lactones) is 1. The molecule has 0 saturated carbocycles. The summed E-state index contributed by atoms with van der Waals surface area (Å²) in [5.74, 6) is -0.494. The Bertz CT molecular complexity index is 1060. The Hall–Kier alpha value is -2.67. The topological polar surface area (TPSA) is 68.2 Å². The molecule has 7 heteroatoms.